The largest absolute Gasteiger partial charge is 0.274 e. The molecule has 0 saturated heterocycles. The van der Waals surface area contributed by atoms with Gasteiger partial charge in [0.2, 0.25) is 0 Å². The van der Waals surface area contributed by atoms with Crippen molar-refractivity contribution in [3.05, 3.63) is 71.0 Å². The number of benzene rings is 2. The Morgan fingerprint density at radius 3 is 2.46 bits per heavy atom. The number of aromatic nitrogens is 3. The lowest BCUT2D eigenvalue weighted by molar-refractivity contribution is 0.845. The van der Waals surface area contributed by atoms with Gasteiger partial charge in [-0.1, -0.05) is 55.1 Å². The minimum absolute atomic E-state index is 0.785. The van der Waals surface area contributed by atoms with Crippen molar-refractivity contribution in [2.24, 2.45) is 0 Å². The zero-order valence-corrected chi connectivity index (χ0v) is 15.3. The van der Waals surface area contributed by atoms with Crippen LogP contribution >= 0.6 is 11.8 Å². The van der Waals surface area contributed by atoms with Gasteiger partial charge in [0.25, 0.3) is 0 Å². The summed E-state index contributed by atoms with van der Waals surface area (Å²) in [4.78, 5) is 0. The van der Waals surface area contributed by atoms with E-state index in [1.807, 2.05) is 6.07 Å². The zero-order valence-electron chi connectivity index (χ0n) is 14.5. The van der Waals surface area contributed by atoms with Crippen molar-refractivity contribution in [1.29, 1.82) is 0 Å². The van der Waals surface area contributed by atoms with Gasteiger partial charge in [0, 0.05) is 17.9 Å². The standard InChI is InChI=1S/C20H23N3S/c1-4-12-24-20-22-21-19(14-17-8-6-5-7-9-17)23(20)18-11-10-15(2)16(3)13-18/h5-11,13H,4,12,14H2,1-3H3. The molecule has 0 fully saturated rings. The highest BCUT2D eigenvalue weighted by Crippen LogP contribution is 2.25. The third-order valence-corrected chi connectivity index (χ3v) is 5.22. The second-order valence-electron chi connectivity index (χ2n) is 6.01. The summed E-state index contributed by atoms with van der Waals surface area (Å²) < 4.78 is 2.21. The lowest BCUT2D eigenvalue weighted by atomic mass is 10.1. The fourth-order valence-electron chi connectivity index (χ4n) is 2.60. The van der Waals surface area contributed by atoms with Gasteiger partial charge in [0.15, 0.2) is 5.16 Å². The number of rotatable bonds is 6. The second-order valence-corrected chi connectivity index (χ2v) is 7.08. The average Bonchev–Trinajstić information content (AvgIpc) is 2.99. The van der Waals surface area contributed by atoms with E-state index in [1.165, 1.54) is 16.7 Å². The number of hydrogen-bond acceptors (Lipinski definition) is 3. The molecule has 3 nitrogen and oxygen atoms in total. The molecule has 0 atom stereocenters. The van der Waals surface area contributed by atoms with Crippen LogP contribution in [0.2, 0.25) is 0 Å². The molecule has 0 radical (unpaired) electrons. The quantitative estimate of drug-likeness (QED) is 0.595. The van der Waals surface area contributed by atoms with Crippen molar-refractivity contribution in [1.82, 2.24) is 14.8 Å². The summed E-state index contributed by atoms with van der Waals surface area (Å²) in [5, 5.41) is 9.92. The molecule has 0 N–H and O–H groups in total. The summed E-state index contributed by atoms with van der Waals surface area (Å²) in [5.41, 5.74) is 4.99. The fraction of sp³-hybridized carbons (Fsp3) is 0.300. The van der Waals surface area contributed by atoms with Crippen LogP contribution < -0.4 is 0 Å². The molecule has 0 unspecified atom stereocenters. The molecule has 0 aliphatic carbocycles. The van der Waals surface area contributed by atoms with Gasteiger partial charge in [0.1, 0.15) is 5.82 Å². The highest BCUT2D eigenvalue weighted by Gasteiger charge is 2.15. The molecular formula is C20H23N3S. The van der Waals surface area contributed by atoms with Crippen LogP contribution in [0.5, 0.6) is 0 Å². The summed E-state index contributed by atoms with van der Waals surface area (Å²) in [6.07, 6.45) is 1.91. The van der Waals surface area contributed by atoms with E-state index in [1.54, 1.807) is 11.8 Å². The van der Waals surface area contributed by atoms with Crippen LogP contribution in [0.3, 0.4) is 0 Å². The molecule has 3 aromatic rings. The molecule has 1 heterocycles. The number of aryl methyl sites for hydroxylation is 2. The van der Waals surface area contributed by atoms with E-state index >= 15 is 0 Å². The summed E-state index contributed by atoms with van der Waals surface area (Å²) in [7, 11) is 0. The van der Waals surface area contributed by atoms with Crippen molar-refractivity contribution >= 4 is 11.8 Å². The van der Waals surface area contributed by atoms with Crippen LogP contribution in [0, 0.1) is 13.8 Å². The molecule has 0 aliphatic rings. The van der Waals surface area contributed by atoms with Crippen molar-refractivity contribution in [2.45, 2.75) is 38.8 Å². The molecule has 3 rings (SSSR count). The van der Waals surface area contributed by atoms with Gasteiger partial charge in [-0.05, 0) is 49.1 Å². The van der Waals surface area contributed by atoms with E-state index < -0.39 is 0 Å². The second kappa shape index (κ2) is 7.67. The van der Waals surface area contributed by atoms with Crippen molar-refractivity contribution < 1.29 is 0 Å². The average molecular weight is 337 g/mol. The van der Waals surface area contributed by atoms with E-state index in [9.17, 15) is 0 Å². The van der Waals surface area contributed by atoms with Crippen LogP contribution in [0.1, 0.15) is 35.9 Å². The van der Waals surface area contributed by atoms with Gasteiger partial charge >= 0.3 is 0 Å². The Kier molecular flexibility index (Phi) is 5.36. The molecule has 24 heavy (non-hydrogen) atoms. The Hall–Kier alpha value is -2.07. The Labute approximate surface area is 148 Å². The lowest BCUT2D eigenvalue weighted by Crippen LogP contribution is -2.04. The molecule has 0 saturated carbocycles. The van der Waals surface area contributed by atoms with Gasteiger partial charge in [-0.2, -0.15) is 0 Å². The highest BCUT2D eigenvalue weighted by atomic mass is 32.2. The number of thioether (sulfide) groups is 1. The third-order valence-electron chi connectivity index (χ3n) is 4.09. The molecule has 124 valence electrons. The third kappa shape index (κ3) is 3.70. The first-order valence-electron chi connectivity index (χ1n) is 8.37. The predicted octanol–water partition coefficient (Wildman–Crippen LogP) is 4.98. The minimum Gasteiger partial charge on any atom is -0.274 e. The summed E-state index contributed by atoms with van der Waals surface area (Å²) >= 11 is 1.77. The maximum atomic E-state index is 4.48. The minimum atomic E-state index is 0.785. The van der Waals surface area contributed by atoms with Gasteiger partial charge in [-0.3, -0.25) is 4.57 Å². The van der Waals surface area contributed by atoms with Crippen LogP contribution in [0.4, 0.5) is 0 Å². The van der Waals surface area contributed by atoms with E-state index in [4.69, 9.17) is 0 Å². The number of nitrogens with zero attached hydrogens (tertiary/aromatic N) is 3. The Morgan fingerprint density at radius 2 is 1.75 bits per heavy atom. The highest BCUT2D eigenvalue weighted by molar-refractivity contribution is 7.99. The molecule has 1 aromatic heterocycles. The first-order valence-corrected chi connectivity index (χ1v) is 9.36. The van der Waals surface area contributed by atoms with E-state index in [0.717, 1.165) is 35.3 Å². The molecule has 4 heteroatoms. The van der Waals surface area contributed by atoms with Crippen molar-refractivity contribution in [3.63, 3.8) is 0 Å². The first-order chi connectivity index (χ1) is 11.7. The van der Waals surface area contributed by atoms with E-state index in [2.05, 4.69) is 78.0 Å². The number of hydrogen-bond donors (Lipinski definition) is 0. The summed E-state index contributed by atoms with van der Waals surface area (Å²) in [5.74, 6) is 2.04. The van der Waals surface area contributed by atoms with Crippen LogP contribution in [-0.4, -0.2) is 20.5 Å². The van der Waals surface area contributed by atoms with Gasteiger partial charge in [-0.15, -0.1) is 10.2 Å². The van der Waals surface area contributed by atoms with Crippen molar-refractivity contribution in [2.75, 3.05) is 5.75 Å². The topological polar surface area (TPSA) is 30.7 Å². The van der Waals surface area contributed by atoms with E-state index in [-0.39, 0.29) is 0 Å². The fourth-order valence-corrected chi connectivity index (χ4v) is 3.43. The lowest BCUT2D eigenvalue weighted by Gasteiger charge is -2.12. The maximum Gasteiger partial charge on any atom is 0.195 e. The van der Waals surface area contributed by atoms with Crippen LogP contribution in [0.15, 0.2) is 53.7 Å². The molecular weight excluding hydrogens is 314 g/mol. The Morgan fingerprint density at radius 1 is 0.958 bits per heavy atom. The maximum absolute atomic E-state index is 4.48. The summed E-state index contributed by atoms with van der Waals surface area (Å²) in [6.45, 7) is 6.48. The molecule has 0 amide bonds. The van der Waals surface area contributed by atoms with Crippen LogP contribution in [-0.2, 0) is 6.42 Å². The molecule has 2 aromatic carbocycles. The summed E-state index contributed by atoms with van der Waals surface area (Å²) in [6, 6.07) is 17.0. The molecule has 0 bridgehead atoms. The van der Waals surface area contributed by atoms with Gasteiger partial charge in [0.05, 0.1) is 0 Å². The Balaban J connectivity index is 2.02. The zero-order chi connectivity index (χ0) is 16.9. The smallest absolute Gasteiger partial charge is 0.195 e. The first kappa shape index (κ1) is 16.8. The van der Waals surface area contributed by atoms with Crippen LogP contribution in [0.25, 0.3) is 5.69 Å². The molecule has 0 spiro atoms. The Bertz CT molecular complexity index is 809. The SMILES string of the molecule is CCCSc1nnc(Cc2ccccc2)n1-c1ccc(C)c(C)c1. The predicted molar refractivity (Wildman–Crippen MR) is 101 cm³/mol. The normalized spacial score (nSPS) is 11.0. The van der Waals surface area contributed by atoms with Crippen molar-refractivity contribution in [3.8, 4) is 5.69 Å². The van der Waals surface area contributed by atoms with Gasteiger partial charge < -0.3 is 0 Å². The molecule has 0 aliphatic heterocycles. The monoisotopic (exact) mass is 337 g/mol. The van der Waals surface area contributed by atoms with Gasteiger partial charge in [-0.25, -0.2) is 0 Å². The van der Waals surface area contributed by atoms with E-state index in [0.29, 0.717) is 0 Å².